The van der Waals surface area contributed by atoms with E-state index < -0.39 is 0 Å². The first kappa shape index (κ1) is 12.4. The normalized spacial score (nSPS) is 18.3. The second-order valence-corrected chi connectivity index (χ2v) is 5.60. The summed E-state index contributed by atoms with van der Waals surface area (Å²) in [6, 6.07) is 4.19. The third kappa shape index (κ3) is 2.41. The zero-order chi connectivity index (χ0) is 13.2. The van der Waals surface area contributed by atoms with Crippen molar-refractivity contribution in [1.29, 1.82) is 0 Å². The van der Waals surface area contributed by atoms with E-state index in [2.05, 4.69) is 45.8 Å². The van der Waals surface area contributed by atoms with Crippen molar-refractivity contribution in [1.82, 2.24) is 4.90 Å². The fourth-order valence-corrected chi connectivity index (χ4v) is 3.04. The molecule has 0 fully saturated rings. The highest BCUT2D eigenvalue weighted by Crippen LogP contribution is 2.28. The molecule has 3 heterocycles. The molecule has 0 radical (unpaired) electrons. The van der Waals surface area contributed by atoms with E-state index in [-0.39, 0.29) is 6.61 Å². The smallest absolute Gasteiger partial charge is 0.133 e. The molecule has 1 aromatic rings. The highest BCUT2D eigenvalue weighted by molar-refractivity contribution is 7.11. The number of aliphatic hydroxyl groups excluding tert-OH is 1. The minimum Gasteiger partial charge on any atom is -0.396 e. The summed E-state index contributed by atoms with van der Waals surface area (Å²) < 4.78 is 0. The summed E-state index contributed by atoms with van der Waals surface area (Å²) in [5, 5.41) is 11.2. The number of hydrogen-bond acceptors (Lipinski definition) is 4. The van der Waals surface area contributed by atoms with Gasteiger partial charge in [0.25, 0.3) is 0 Å². The average molecular weight is 272 g/mol. The van der Waals surface area contributed by atoms with Gasteiger partial charge in [0.2, 0.25) is 0 Å². The summed E-state index contributed by atoms with van der Waals surface area (Å²) >= 11 is 1.74. The number of allylic oxidation sites excluding steroid dienone is 3. The van der Waals surface area contributed by atoms with Crippen molar-refractivity contribution in [3.05, 3.63) is 52.0 Å². The third-order valence-electron chi connectivity index (χ3n) is 3.38. The Hall–Kier alpha value is -1.65. The first-order valence-electron chi connectivity index (χ1n) is 6.36. The van der Waals surface area contributed by atoms with Crippen LogP contribution in [0.3, 0.4) is 0 Å². The Morgan fingerprint density at radius 1 is 1.42 bits per heavy atom. The van der Waals surface area contributed by atoms with Crippen LogP contribution in [0.15, 0.2) is 52.1 Å². The van der Waals surface area contributed by atoms with E-state index in [4.69, 9.17) is 5.11 Å². The van der Waals surface area contributed by atoms with Crippen molar-refractivity contribution in [3.8, 4) is 0 Å². The van der Waals surface area contributed by atoms with Gasteiger partial charge < -0.3 is 10.0 Å². The molecule has 0 bridgehead atoms. The molecule has 19 heavy (non-hydrogen) atoms. The van der Waals surface area contributed by atoms with Gasteiger partial charge in [0, 0.05) is 35.5 Å². The van der Waals surface area contributed by atoms with Gasteiger partial charge in [-0.05, 0) is 42.5 Å². The first-order valence-corrected chi connectivity index (χ1v) is 7.24. The number of hydrogen-bond donors (Lipinski definition) is 1. The molecule has 0 atom stereocenters. The summed E-state index contributed by atoms with van der Waals surface area (Å²) in [6.07, 6.45) is 7.03. The van der Waals surface area contributed by atoms with Crippen LogP contribution in [0.5, 0.6) is 0 Å². The average Bonchev–Trinajstić information content (AvgIpc) is 2.93. The predicted molar refractivity (Wildman–Crippen MR) is 80.0 cm³/mol. The molecule has 3 nitrogen and oxygen atoms in total. The van der Waals surface area contributed by atoms with Gasteiger partial charge in [-0.2, -0.15) is 0 Å². The van der Waals surface area contributed by atoms with Gasteiger partial charge in [0.05, 0.1) is 0 Å². The lowest BCUT2D eigenvalue weighted by atomic mass is 10.1. The Balaban J connectivity index is 1.89. The molecule has 4 heteroatoms. The molecule has 0 saturated heterocycles. The molecule has 0 amide bonds. The van der Waals surface area contributed by atoms with Gasteiger partial charge in [0.1, 0.15) is 5.84 Å². The van der Waals surface area contributed by atoms with E-state index >= 15 is 0 Å². The van der Waals surface area contributed by atoms with Crippen molar-refractivity contribution in [2.45, 2.75) is 13.3 Å². The highest BCUT2D eigenvalue weighted by Gasteiger charge is 2.20. The van der Waals surface area contributed by atoms with E-state index in [9.17, 15) is 0 Å². The number of aliphatic imine (C=N–C) groups is 1. The standard InChI is InChI=1S/C15H16N2OS/c1-11-12(6-7-18)9-17-10-13(4-5-15(17)16-11)14-3-2-8-19-14/h2-5,8,10,18H,6-7,9H2,1H3. The van der Waals surface area contributed by atoms with Crippen LogP contribution in [0.2, 0.25) is 0 Å². The van der Waals surface area contributed by atoms with Crippen LogP contribution in [0.25, 0.3) is 5.57 Å². The van der Waals surface area contributed by atoms with E-state index in [1.807, 2.05) is 6.92 Å². The molecular weight excluding hydrogens is 256 g/mol. The minimum absolute atomic E-state index is 0.183. The number of nitrogens with zero attached hydrogens (tertiary/aromatic N) is 2. The SMILES string of the molecule is CC1=C(CCO)CN2C=C(c3cccs3)C=CC2=N1. The lowest BCUT2D eigenvalue weighted by molar-refractivity contribution is 0.296. The molecule has 1 N–H and O–H groups in total. The number of rotatable bonds is 3. The summed E-state index contributed by atoms with van der Waals surface area (Å²) in [7, 11) is 0. The van der Waals surface area contributed by atoms with Gasteiger partial charge in [-0.3, -0.25) is 0 Å². The molecule has 0 aliphatic carbocycles. The Bertz CT molecular complexity index is 594. The quantitative estimate of drug-likeness (QED) is 0.918. The molecule has 98 valence electrons. The third-order valence-corrected chi connectivity index (χ3v) is 4.29. The molecule has 1 aromatic heterocycles. The Morgan fingerprint density at radius 2 is 2.32 bits per heavy atom. The molecule has 0 unspecified atom stereocenters. The van der Waals surface area contributed by atoms with E-state index in [0.29, 0.717) is 6.42 Å². The fraction of sp³-hybridized carbons (Fsp3) is 0.267. The number of fused-ring (bicyclic) bond motifs is 1. The highest BCUT2D eigenvalue weighted by atomic mass is 32.1. The summed E-state index contributed by atoms with van der Waals surface area (Å²) in [6.45, 7) is 3.02. The van der Waals surface area contributed by atoms with Crippen LogP contribution >= 0.6 is 11.3 Å². The Morgan fingerprint density at radius 3 is 3.05 bits per heavy atom. The fourth-order valence-electron chi connectivity index (χ4n) is 2.32. The lowest BCUT2D eigenvalue weighted by Crippen LogP contribution is -2.32. The van der Waals surface area contributed by atoms with Gasteiger partial charge in [-0.25, -0.2) is 4.99 Å². The van der Waals surface area contributed by atoms with Gasteiger partial charge in [0.15, 0.2) is 0 Å². The zero-order valence-electron chi connectivity index (χ0n) is 10.8. The first-order chi connectivity index (χ1) is 9.28. The Kier molecular flexibility index (Phi) is 3.36. The van der Waals surface area contributed by atoms with Crippen molar-refractivity contribution >= 4 is 22.7 Å². The number of thiophene rings is 1. The molecule has 2 aliphatic heterocycles. The number of amidine groups is 1. The maximum atomic E-state index is 9.11. The van der Waals surface area contributed by atoms with E-state index in [1.165, 1.54) is 16.0 Å². The molecule has 0 saturated carbocycles. The van der Waals surface area contributed by atoms with Crippen LogP contribution < -0.4 is 0 Å². The number of aliphatic hydroxyl groups is 1. The Labute approximate surface area is 116 Å². The summed E-state index contributed by atoms with van der Waals surface area (Å²) in [5.41, 5.74) is 3.47. The van der Waals surface area contributed by atoms with Crippen molar-refractivity contribution in [3.63, 3.8) is 0 Å². The maximum absolute atomic E-state index is 9.11. The van der Waals surface area contributed by atoms with Crippen LogP contribution in [0.1, 0.15) is 18.2 Å². The van der Waals surface area contributed by atoms with Gasteiger partial charge >= 0.3 is 0 Å². The summed E-state index contributed by atoms with van der Waals surface area (Å²) in [4.78, 5) is 8.03. The van der Waals surface area contributed by atoms with Crippen molar-refractivity contribution in [2.75, 3.05) is 13.2 Å². The molecule has 0 aromatic carbocycles. The topological polar surface area (TPSA) is 35.8 Å². The van der Waals surface area contributed by atoms with Crippen LogP contribution in [0.4, 0.5) is 0 Å². The monoisotopic (exact) mass is 272 g/mol. The second-order valence-electron chi connectivity index (χ2n) is 4.66. The van der Waals surface area contributed by atoms with E-state index in [1.54, 1.807) is 11.3 Å². The largest absolute Gasteiger partial charge is 0.396 e. The van der Waals surface area contributed by atoms with Crippen LogP contribution in [-0.2, 0) is 0 Å². The second kappa shape index (κ2) is 5.15. The van der Waals surface area contributed by atoms with Crippen molar-refractivity contribution < 1.29 is 5.11 Å². The zero-order valence-corrected chi connectivity index (χ0v) is 11.7. The van der Waals surface area contributed by atoms with E-state index in [0.717, 1.165) is 18.1 Å². The molecule has 2 aliphatic rings. The predicted octanol–water partition coefficient (Wildman–Crippen LogP) is 3.03. The molecule has 0 spiro atoms. The maximum Gasteiger partial charge on any atom is 0.133 e. The minimum atomic E-state index is 0.183. The van der Waals surface area contributed by atoms with Gasteiger partial charge in [-0.1, -0.05) is 6.07 Å². The van der Waals surface area contributed by atoms with Crippen LogP contribution in [0, 0.1) is 0 Å². The van der Waals surface area contributed by atoms with Gasteiger partial charge in [-0.15, -0.1) is 11.3 Å². The van der Waals surface area contributed by atoms with Crippen LogP contribution in [-0.4, -0.2) is 29.0 Å². The molecular formula is C15H16N2OS. The molecule has 3 rings (SSSR count). The summed E-state index contributed by atoms with van der Waals surface area (Å²) in [5.74, 6) is 0.986. The lowest BCUT2D eigenvalue weighted by Gasteiger charge is -2.29. The van der Waals surface area contributed by atoms with Crippen molar-refractivity contribution in [2.24, 2.45) is 4.99 Å².